The van der Waals surface area contributed by atoms with Gasteiger partial charge >= 0.3 is 0 Å². The number of unbranched alkanes of at least 4 members (excludes halogenated alkanes) is 4. The van der Waals surface area contributed by atoms with Crippen molar-refractivity contribution in [2.75, 3.05) is 0 Å². The van der Waals surface area contributed by atoms with E-state index in [9.17, 15) is 5.11 Å². The smallest absolute Gasteiger partial charge is 0.122 e. The van der Waals surface area contributed by atoms with Gasteiger partial charge in [0.25, 0.3) is 0 Å². The van der Waals surface area contributed by atoms with Crippen molar-refractivity contribution in [1.82, 2.24) is 0 Å². The normalized spacial score (nSPS) is 11.1. The van der Waals surface area contributed by atoms with Crippen LogP contribution >= 0.6 is 0 Å². The molecule has 0 amide bonds. The van der Waals surface area contributed by atoms with Crippen molar-refractivity contribution in [1.29, 1.82) is 0 Å². The lowest BCUT2D eigenvalue weighted by Gasteiger charge is -2.21. The summed E-state index contributed by atoms with van der Waals surface area (Å²) >= 11 is 0. The van der Waals surface area contributed by atoms with Crippen LogP contribution in [0.25, 0.3) is 0 Å². The topological polar surface area (TPSA) is 20.2 Å². The Morgan fingerprint density at radius 1 is 0.667 bits per heavy atom. The maximum absolute atomic E-state index is 10.7. The molecule has 0 unspecified atom stereocenters. The average Bonchev–Trinajstić information content (AvgIpc) is 2.49. The summed E-state index contributed by atoms with van der Waals surface area (Å²) in [5, 5.41) is 10.7. The second kappa shape index (κ2) is 9.12. The van der Waals surface area contributed by atoms with Crippen LogP contribution in [-0.4, -0.2) is 5.11 Å². The molecule has 0 aliphatic carbocycles. The molecule has 0 spiro atoms. The van der Waals surface area contributed by atoms with E-state index in [4.69, 9.17) is 0 Å². The second-order valence-corrected chi connectivity index (χ2v) is 6.11. The number of phenolic OH excluding ortho intramolecular Hbond substituents is 1. The van der Waals surface area contributed by atoms with Crippen molar-refractivity contribution >= 4 is 0 Å². The van der Waals surface area contributed by atoms with E-state index >= 15 is 0 Å². The second-order valence-electron chi connectivity index (χ2n) is 6.11. The van der Waals surface area contributed by atoms with E-state index in [1.54, 1.807) is 0 Å². The standard InChI is InChI=1S/C20H34O/c1-6-10-11-12-13-14-19-15(5)16(7-2)17(8-3)18(9-4)20(19)21/h21H,6-14H2,1-5H3. The molecule has 120 valence electrons. The Bertz CT molecular complexity index is 415. The zero-order chi connectivity index (χ0) is 15.8. The highest BCUT2D eigenvalue weighted by Crippen LogP contribution is 2.35. The molecule has 1 N–H and O–H groups in total. The minimum Gasteiger partial charge on any atom is -0.507 e. The third-order valence-electron chi connectivity index (χ3n) is 4.80. The van der Waals surface area contributed by atoms with Gasteiger partial charge in [-0.25, -0.2) is 0 Å². The summed E-state index contributed by atoms with van der Waals surface area (Å²) in [5.74, 6) is 0.597. The number of hydrogen-bond donors (Lipinski definition) is 1. The Labute approximate surface area is 131 Å². The fourth-order valence-corrected chi connectivity index (χ4v) is 3.59. The highest BCUT2D eigenvalue weighted by Gasteiger charge is 2.18. The van der Waals surface area contributed by atoms with Crippen molar-refractivity contribution in [3.63, 3.8) is 0 Å². The van der Waals surface area contributed by atoms with Crippen molar-refractivity contribution in [2.24, 2.45) is 0 Å². The van der Waals surface area contributed by atoms with E-state index in [0.717, 1.165) is 25.7 Å². The predicted molar refractivity (Wildman–Crippen MR) is 93.4 cm³/mol. The highest BCUT2D eigenvalue weighted by atomic mass is 16.3. The van der Waals surface area contributed by atoms with Gasteiger partial charge in [-0.05, 0) is 66.8 Å². The molecule has 1 nitrogen and oxygen atoms in total. The van der Waals surface area contributed by atoms with Gasteiger partial charge in [-0.15, -0.1) is 0 Å². The third kappa shape index (κ3) is 4.25. The summed E-state index contributed by atoms with van der Waals surface area (Å²) in [6, 6.07) is 0. The lowest BCUT2D eigenvalue weighted by Crippen LogP contribution is -2.06. The molecule has 0 radical (unpaired) electrons. The van der Waals surface area contributed by atoms with Gasteiger partial charge in [0, 0.05) is 0 Å². The molecule has 1 aromatic rings. The number of rotatable bonds is 9. The Kier molecular flexibility index (Phi) is 7.85. The molecule has 0 heterocycles. The van der Waals surface area contributed by atoms with Gasteiger partial charge in [0.2, 0.25) is 0 Å². The summed E-state index contributed by atoms with van der Waals surface area (Å²) in [4.78, 5) is 0. The van der Waals surface area contributed by atoms with Crippen LogP contribution < -0.4 is 0 Å². The quantitative estimate of drug-likeness (QED) is 0.561. The SMILES string of the molecule is CCCCCCCc1c(C)c(CC)c(CC)c(CC)c1O. The van der Waals surface area contributed by atoms with E-state index in [1.165, 1.54) is 59.9 Å². The fourth-order valence-electron chi connectivity index (χ4n) is 3.59. The van der Waals surface area contributed by atoms with Crippen molar-refractivity contribution in [2.45, 2.75) is 92.4 Å². The number of hydrogen-bond acceptors (Lipinski definition) is 1. The molecule has 0 bridgehead atoms. The first-order valence-corrected chi connectivity index (χ1v) is 8.97. The predicted octanol–water partition coefficient (Wildman–Crippen LogP) is 5.90. The molecule has 0 saturated carbocycles. The van der Waals surface area contributed by atoms with Crippen LogP contribution in [0.1, 0.15) is 87.6 Å². The molecule has 0 saturated heterocycles. The lowest BCUT2D eigenvalue weighted by molar-refractivity contribution is 0.457. The van der Waals surface area contributed by atoms with Gasteiger partial charge in [0.1, 0.15) is 5.75 Å². The minimum atomic E-state index is 0.597. The monoisotopic (exact) mass is 290 g/mol. The van der Waals surface area contributed by atoms with E-state index in [2.05, 4.69) is 34.6 Å². The summed E-state index contributed by atoms with van der Waals surface area (Å²) in [5.41, 5.74) is 6.64. The third-order valence-corrected chi connectivity index (χ3v) is 4.80. The van der Waals surface area contributed by atoms with Crippen LogP contribution in [0, 0.1) is 6.92 Å². The molecular weight excluding hydrogens is 256 g/mol. The summed E-state index contributed by atoms with van der Waals surface area (Å²) in [6.45, 7) is 11.1. The van der Waals surface area contributed by atoms with Crippen molar-refractivity contribution in [3.05, 3.63) is 27.8 Å². The Balaban J connectivity index is 3.02. The van der Waals surface area contributed by atoms with E-state index < -0.39 is 0 Å². The van der Waals surface area contributed by atoms with Crippen LogP contribution in [0.3, 0.4) is 0 Å². The van der Waals surface area contributed by atoms with E-state index in [-0.39, 0.29) is 0 Å². The minimum absolute atomic E-state index is 0.597. The summed E-state index contributed by atoms with van der Waals surface area (Å²) < 4.78 is 0. The maximum Gasteiger partial charge on any atom is 0.122 e. The van der Waals surface area contributed by atoms with Gasteiger partial charge in [-0.1, -0.05) is 53.4 Å². The van der Waals surface area contributed by atoms with Gasteiger partial charge in [0.15, 0.2) is 0 Å². The van der Waals surface area contributed by atoms with Gasteiger partial charge in [-0.3, -0.25) is 0 Å². The molecule has 1 rings (SSSR count). The molecule has 0 aliphatic heterocycles. The number of phenols is 1. The van der Waals surface area contributed by atoms with Crippen molar-refractivity contribution in [3.8, 4) is 5.75 Å². The summed E-state index contributed by atoms with van der Waals surface area (Å²) in [7, 11) is 0. The van der Waals surface area contributed by atoms with Crippen LogP contribution in [0.4, 0.5) is 0 Å². The molecule has 0 aliphatic rings. The van der Waals surface area contributed by atoms with Crippen LogP contribution in [0.2, 0.25) is 0 Å². The van der Waals surface area contributed by atoms with Gasteiger partial charge < -0.3 is 5.11 Å². The van der Waals surface area contributed by atoms with Gasteiger partial charge in [-0.2, -0.15) is 0 Å². The first-order valence-electron chi connectivity index (χ1n) is 8.97. The Morgan fingerprint density at radius 3 is 1.76 bits per heavy atom. The number of aromatic hydroxyl groups is 1. The van der Waals surface area contributed by atoms with Gasteiger partial charge in [0.05, 0.1) is 0 Å². The average molecular weight is 290 g/mol. The van der Waals surface area contributed by atoms with Crippen LogP contribution in [0.5, 0.6) is 5.75 Å². The maximum atomic E-state index is 10.7. The van der Waals surface area contributed by atoms with Crippen LogP contribution in [-0.2, 0) is 25.7 Å². The first-order chi connectivity index (χ1) is 10.1. The highest BCUT2D eigenvalue weighted by molar-refractivity contribution is 5.55. The van der Waals surface area contributed by atoms with E-state index in [1.807, 2.05) is 0 Å². The molecule has 1 heteroatoms. The first kappa shape index (κ1) is 18.1. The summed E-state index contributed by atoms with van der Waals surface area (Å²) in [6.07, 6.45) is 10.5. The molecule has 0 aromatic heterocycles. The zero-order valence-electron chi connectivity index (χ0n) is 14.8. The van der Waals surface area contributed by atoms with Crippen molar-refractivity contribution < 1.29 is 5.11 Å². The Hall–Kier alpha value is -0.980. The molecular formula is C20H34O. The molecule has 1 aromatic carbocycles. The Morgan fingerprint density at radius 2 is 1.24 bits per heavy atom. The largest absolute Gasteiger partial charge is 0.507 e. The van der Waals surface area contributed by atoms with E-state index in [0.29, 0.717) is 5.75 Å². The fraction of sp³-hybridized carbons (Fsp3) is 0.700. The van der Waals surface area contributed by atoms with Crippen LogP contribution in [0.15, 0.2) is 0 Å². The zero-order valence-corrected chi connectivity index (χ0v) is 14.8. The molecule has 0 atom stereocenters. The molecule has 0 fully saturated rings. The molecule has 21 heavy (non-hydrogen) atoms. The number of benzene rings is 1. The lowest BCUT2D eigenvalue weighted by atomic mass is 9.85.